The molecule has 4 atom stereocenters. The number of urea groups is 1. The monoisotopic (exact) mass is 282 g/mol. The maximum Gasteiger partial charge on any atom is 0.326 e. The molecule has 0 saturated heterocycles. The lowest BCUT2D eigenvalue weighted by Gasteiger charge is -2.29. The molecule has 2 N–H and O–H groups in total. The van der Waals surface area contributed by atoms with E-state index >= 15 is 0 Å². The molecule has 0 spiro atoms. The quantitative estimate of drug-likeness (QED) is 0.812. The third-order valence-electron chi connectivity index (χ3n) is 4.95. The van der Waals surface area contributed by atoms with E-state index in [1.807, 2.05) is 0 Å². The van der Waals surface area contributed by atoms with Gasteiger partial charge in [-0.3, -0.25) is 0 Å². The van der Waals surface area contributed by atoms with Crippen LogP contribution in [0.4, 0.5) is 4.79 Å². The molecule has 2 rings (SSSR count). The zero-order chi connectivity index (χ0) is 14.9. The Balaban J connectivity index is 1.84. The molecule has 0 aliphatic heterocycles. The van der Waals surface area contributed by atoms with Crippen molar-refractivity contribution < 1.29 is 14.7 Å². The van der Waals surface area contributed by atoms with Crippen molar-refractivity contribution in [1.82, 2.24) is 10.2 Å². The highest BCUT2D eigenvalue weighted by molar-refractivity contribution is 5.82. The predicted octanol–water partition coefficient (Wildman–Crippen LogP) is 2.17. The summed E-state index contributed by atoms with van der Waals surface area (Å²) in [7, 11) is 1.76. The molecule has 3 unspecified atom stereocenters. The Hall–Kier alpha value is -1.26. The first-order chi connectivity index (χ1) is 9.38. The second kappa shape index (κ2) is 6.02. The van der Waals surface area contributed by atoms with Gasteiger partial charge in [0.15, 0.2) is 0 Å². The lowest BCUT2D eigenvalue weighted by molar-refractivity contribution is -0.140. The third-order valence-corrected chi connectivity index (χ3v) is 4.95. The molecule has 0 heterocycles. The maximum atomic E-state index is 12.1. The van der Waals surface area contributed by atoms with Crippen LogP contribution in [0.2, 0.25) is 0 Å². The summed E-state index contributed by atoms with van der Waals surface area (Å²) in [5.74, 6) is 1.15. The van der Waals surface area contributed by atoms with E-state index in [2.05, 4.69) is 5.32 Å². The van der Waals surface area contributed by atoms with E-state index in [0.717, 1.165) is 18.4 Å². The first kappa shape index (κ1) is 15.1. The smallest absolute Gasteiger partial charge is 0.326 e. The van der Waals surface area contributed by atoms with Gasteiger partial charge in [-0.1, -0.05) is 20.3 Å². The van der Waals surface area contributed by atoms with Gasteiger partial charge in [0.05, 0.1) is 0 Å². The van der Waals surface area contributed by atoms with Crippen molar-refractivity contribution in [3.63, 3.8) is 0 Å². The van der Waals surface area contributed by atoms with Crippen LogP contribution in [0.25, 0.3) is 0 Å². The van der Waals surface area contributed by atoms with Crippen molar-refractivity contribution in [3.8, 4) is 0 Å². The van der Waals surface area contributed by atoms with Crippen LogP contribution in [0.1, 0.15) is 39.5 Å². The second-order valence-electron chi connectivity index (χ2n) is 6.82. The minimum Gasteiger partial charge on any atom is -0.480 e. The molecule has 0 aromatic heterocycles. The zero-order valence-electron chi connectivity index (χ0n) is 12.6. The molecule has 0 aromatic carbocycles. The number of hydrogen-bond acceptors (Lipinski definition) is 2. The molecule has 2 aliphatic carbocycles. The summed E-state index contributed by atoms with van der Waals surface area (Å²) in [5.41, 5.74) is 0. The van der Waals surface area contributed by atoms with Gasteiger partial charge in [0.1, 0.15) is 6.04 Å². The molecule has 5 heteroatoms. The number of aliphatic carboxylic acids is 1. The first-order valence-electron chi connectivity index (χ1n) is 7.63. The normalized spacial score (nSPS) is 29.5. The third kappa shape index (κ3) is 3.25. The van der Waals surface area contributed by atoms with Crippen LogP contribution < -0.4 is 5.32 Å². The molecule has 114 valence electrons. The van der Waals surface area contributed by atoms with E-state index in [1.54, 1.807) is 25.8 Å². The molecule has 20 heavy (non-hydrogen) atoms. The van der Waals surface area contributed by atoms with Crippen molar-refractivity contribution in [2.75, 3.05) is 13.6 Å². The summed E-state index contributed by atoms with van der Waals surface area (Å²) < 4.78 is 0. The van der Waals surface area contributed by atoms with Gasteiger partial charge in [0.25, 0.3) is 0 Å². The van der Waals surface area contributed by atoms with E-state index in [1.165, 1.54) is 25.7 Å². The molecule has 2 bridgehead atoms. The van der Waals surface area contributed by atoms with Crippen molar-refractivity contribution in [3.05, 3.63) is 0 Å². The summed E-state index contributed by atoms with van der Waals surface area (Å²) in [6.07, 6.45) is 5.21. The fraction of sp³-hybridized carbons (Fsp3) is 0.867. The molecule has 2 aliphatic rings. The van der Waals surface area contributed by atoms with Gasteiger partial charge >= 0.3 is 12.0 Å². The fourth-order valence-corrected chi connectivity index (χ4v) is 3.79. The maximum absolute atomic E-state index is 12.1. The van der Waals surface area contributed by atoms with Gasteiger partial charge in [-0.2, -0.15) is 0 Å². The number of carboxylic acids is 1. The van der Waals surface area contributed by atoms with Crippen molar-refractivity contribution >= 4 is 12.0 Å². The molecule has 0 aromatic rings. The van der Waals surface area contributed by atoms with E-state index in [9.17, 15) is 9.59 Å². The van der Waals surface area contributed by atoms with Crippen LogP contribution in [-0.2, 0) is 4.79 Å². The Morgan fingerprint density at radius 3 is 2.45 bits per heavy atom. The lowest BCUT2D eigenvalue weighted by Crippen LogP contribution is -2.50. The molecule has 5 nitrogen and oxygen atoms in total. The van der Waals surface area contributed by atoms with Crippen LogP contribution >= 0.6 is 0 Å². The van der Waals surface area contributed by atoms with Crippen molar-refractivity contribution in [2.45, 2.75) is 45.6 Å². The Labute approximate surface area is 120 Å². The van der Waals surface area contributed by atoms with Crippen LogP contribution in [-0.4, -0.2) is 41.6 Å². The summed E-state index contributed by atoms with van der Waals surface area (Å²) in [6, 6.07) is -1.08. The summed E-state index contributed by atoms with van der Waals surface area (Å²) in [4.78, 5) is 24.9. The first-order valence-corrected chi connectivity index (χ1v) is 7.63. The number of rotatable bonds is 5. The number of carbonyl (C=O) groups excluding carboxylic acids is 1. The van der Waals surface area contributed by atoms with Crippen molar-refractivity contribution in [1.29, 1.82) is 0 Å². The number of nitrogens with one attached hydrogen (secondary N) is 1. The highest BCUT2D eigenvalue weighted by atomic mass is 16.4. The largest absolute Gasteiger partial charge is 0.480 e. The molecular formula is C15H26N2O3. The van der Waals surface area contributed by atoms with E-state index in [0.29, 0.717) is 5.92 Å². The zero-order valence-corrected chi connectivity index (χ0v) is 12.6. The average Bonchev–Trinajstić information content (AvgIpc) is 2.96. The average molecular weight is 282 g/mol. The number of carbonyl (C=O) groups is 2. The Morgan fingerprint density at radius 1 is 1.30 bits per heavy atom. The molecule has 2 amide bonds. The Morgan fingerprint density at radius 2 is 2.00 bits per heavy atom. The molecule has 2 fully saturated rings. The van der Waals surface area contributed by atoms with Gasteiger partial charge in [-0.15, -0.1) is 0 Å². The van der Waals surface area contributed by atoms with E-state index < -0.39 is 12.0 Å². The van der Waals surface area contributed by atoms with Gasteiger partial charge in [0, 0.05) is 13.6 Å². The molecular weight excluding hydrogens is 256 g/mol. The summed E-state index contributed by atoms with van der Waals surface area (Å²) in [5, 5.41) is 11.7. The molecule has 2 saturated carbocycles. The Kier molecular flexibility index (Phi) is 4.55. The van der Waals surface area contributed by atoms with Crippen LogP contribution in [0.5, 0.6) is 0 Å². The minimum absolute atomic E-state index is 0.118. The number of carboxylic acid groups (broad SMARTS) is 1. The van der Waals surface area contributed by atoms with Crippen LogP contribution in [0, 0.1) is 23.7 Å². The summed E-state index contributed by atoms with van der Waals surface area (Å²) >= 11 is 0. The van der Waals surface area contributed by atoms with Crippen molar-refractivity contribution in [2.24, 2.45) is 23.7 Å². The minimum atomic E-state index is -0.971. The topological polar surface area (TPSA) is 69.6 Å². The van der Waals surface area contributed by atoms with Crippen LogP contribution in [0.15, 0.2) is 0 Å². The predicted molar refractivity (Wildman–Crippen MR) is 76.4 cm³/mol. The number of nitrogens with zero attached hydrogens (tertiary/aromatic N) is 1. The Bertz CT molecular complexity index is 383. The number of amides is 2. The van der Waals surface area contributed by atoms with Gasteiger partial charge in [0.2, 0.25) is 0 Å². The molecule has 0 radical (unpaired) electrons. The van der Waals surface area contributed by atoms with E-state index in [4.69, 9.17) is 5.11 Å². The lowest BCUT2D eigenvalue weighted by atomic mass is 9.88. The number of fused-ring (bicyclic) bond motifs is 2. The van der Waals surface area contributed by atoms with Gasteiger partial charge < -0.3 is 15.3 Å². The summed E-state index contributed by atoms with van der Waals surface area (Å²) in [6.45, 7) is 4.35. The fourth-order valence-electron chi connectivity index (χ4n) is 3.79. The van der Waals surface area contributed by atoms with Gasteiger partial charge in [-0.05, 0) is 42.9 Å². The number of hydrogen-bond donors (Lipinski definition) is 2. The van der Waals surface area contributed by atoms with Crippen LogP contribution in [0.3, 0.4) is 0 Å². The standard InChI is InChI=1S/C15H26N2O3/c1-9(2)13(14(18)19)16-15(20)17(3)8-12-7-10-4-5-11(12)6-10/h9-13H,4-8H2,1-3H3,(H,16,20)(H,18,19)/t10?,11?,12?,13-/m0/s1. The second-order valence-corrected chi connectivity index (χ2v) is 6.82. The van der Waals surface area contributed by atoms with Gasteiger partial charge in [-0.25, -0.2) is 9.59 Å². The highest BCUT2D eigenvalue weighted by Gasteiger charge is 2.40. The highest BCUT2D eigenvalue weighted by Crippen LogP contribution is 2.48. The SMILES string of the molecule is CC(C)[C@H](NC(=O)N(C)CC1CC2CCC1C2)C(=O)O. The van der Waals surface area contributed by atoms with E-state index in [-0.39, 0.29) is 11.9 Å².